The van der Waals surface area contributed by atoms with Crippen LogP contribution in [0.2, 0.25) is 0 Å². The van der Waals surface area contributed by atoms with E-state index in [-0.39, 0.29) is 11.5 Å². The van der Waals surface area contributed by atoms with Crippen molar-refractivity contribution in [2.45, 2.75) is 31.5 Å². The van der Waals surface area contributed by atoms with Crippen LogP contribution >= 0.6 is 22.6 Å². The Kier molecular flexibility index (Phi) is 2.73. The third kappa shape index (κ3) is 1.97. The number of carbonyl (C=O) groups is 2. The highest BCUT2D eigenvalue weighted by atomic mass is 127. The van der Waals surface area contributed by atoms with Gasteiger partial charge in [-0.15, -0.1) is 0 Å². The fourth-order valence-electron chi connectivity index (χ4n) is 3.09. The lowest BCUT2D eigenvalue weighted by molar-refractivity contribution is -0.142. The lowest BCUT2D eigenvalue weighted by atomic mass is 10.00. The summed E-state index contributed by atoms with van der Waals surface area (Å²) in [4.78, 5) is 23.4. The summed E-state index contributed by atoms with van der Waals surface area (Å²) in [6.45, 7) is 0.578. The molecule has 2 aliphatic rings. The first-order valence-electron chi connectivity index (χ1n) is 5.85. The smallest absolute Gasteiger partial charge is 0.408 e. The Morgan fingerprint density at radius 1 is 1.47 bits per heavy atom. The maximum absolute atomic E-state index is 11.2. The highest BCUT2D eigenvalue weighted by Crippen LogP contribution is 2.60. The van der Waals surface area contributed by atoms with Gasteiger partial charge >= 0.3 is 12.1 Å². The molecular formula is C11H12IN3O4. The number of piperidine rings is 1. The molecule has 0 spiro atoms. The van der Waals surface area contributed by atoms with Crippen molar-refractivity contribution in [3.05, 3.63) is 16.0 Å². The van der Waals surface area contributed by atoms with E-state index in [1.807, 2.05) is 6.20 Å². The van der Waals surface area contributed by atoms with E-state index < -0.39 is 18.1 Å². The molecule has 0 aromatic carbocycles. The molecule has 0 unspecified atom stereocenters. The summed E-state index contributed by atoms with van der Waals surface area (Å²) in [7, 11) is 0. The van der Waals surface area contributed by atoms with Crippen molar-refractivity contribution in [3.8, 4) is 0 Å². The maximum atomic E-state index is 11.2. The SMILES string of the molecule is O=C(O)[C@@H]1C[C@@]2(Cn3cc(I)cn3)C[C@H]2N1C(=O)O. The quantitative estimate of drug-likeness (QED) is 0.769. The van der Waals surface area contributed by atoms with E-state index in [0.29, 0.717) is 13.0 Å². The average Bonchev–Trinajstić information content (AvgIpc) is 2.67. The Balaban J connectivity index is 1.81. The van der Waals surface area contributed by atoms with Gasteiger partial charge in [0.05, 0.1) is 9.77 Å². The molecule has 2 heterocycles. The highest BCUT2D eigenvalue weighted by molar-refractivity contribution is 14.1. The molecule has 0 radical (unpaired) electrons. The number of hydrogen-bond acceptors (Lipinski definition) is 3. The van der Waals surface area contributed by atoms with Crippen molar-refractivity contribution in [2.24, 2.45) is 5.41 Å². The number of carboxylic acids is 1. The third-order valence-electron chi connectivity index (χ3n) is 4.00. The van der Waals surface area contributed by atoms with Crippen molar-refractivity contribution in [1.29, 1.82) is 0 Å². The van der Waals surface area contributed by atoms with Gasteiger partial charge in [0.25, 0.3) is 0 Å². The number of nitrogens with zero attached hydrogens (tertiary/aromatic N) is 3. The van der Waals surface area contributed by atoms with E-state index in [0.717, 1.165) is 14.9 Å². The fraction of sp³-hybridized carbons (Fsp3) is 0.545. The van der Waals surface area contributed by atoms with E-state index in [1.165, 1.54) is 0 Å². The van der Waals surface area contributed by atoms with Gasteiger partial charge < -0.3 is 10.2 Å². The summed E-state index contributed by atoms with van der Waals surface area (Å²) in [6.07, 6.45) is 3.55. The number of aromatic nitrogens is 2. The molecule has 8 heteroatoms. The van der Waals surface area contributed by atoms with Crippen LogP contribution in [0.25, 0.3) is 0 Å². The van der Waals surface area contributed by atoms with Gasteiger partial charge in [-0.1, -0.05) is 0 Å². The molecule has 1 aliphatic carbocycles. The zero-order chi connectivity index (χ0) is 13.8. The zero-order valence-corrected chi connectivity index (χ0v) is 12.0. The Labute approximate surface area is 122 Å². The molecular weight excluding hydrogens is 365 g/mol. The minimum atomic E-state index is -1.15. The standard InChI is InChI=1S/C11H12IN3O4/c12-6-3-13-14(4-6)5-11-1-7(9(16)17)15(10(18)19)8(11)2-11/h3-4,7-8H,1-2,5H2,(H,16,17)(H,18,19)/t7-,8+,11-/m0/s1. The van der Waals surface area contributed by atoms with Crippen LogP contribution in [0.1, 0.15) is 12.8 Å². The number of amides is 1. The second-order valence-electron chi connectivity index (χ2n) is 5.19. The van der Waals surface area contributed by atoms with Gasteiger partial charge in [-0.2, -0.15) is 5.10 Å². The summed E-state index contributed by atoms with van der Waals surface area (Å²) in [6, 6.07) is -1.11. The Hall–Kier alpha value is -1.32. The topological polar surface area (TPSA) is 95.7 Å². The molecule has 19 heavy (non-hydrogen) atoms. The van der Waals surface area contributed by atoms with E-state index in [4.69, 9.17) is 10.2 Å². The molecule has 102 valence electrons. The monoisotopic (exact) mass is 377 g/mol. The van der Waals surface area contributed by atoms with Crippen LogP contribution in [0.5, 0.6) is 0 Å². The Morgan fingerprint density at radius 2 is 2.21 bits per heavy atom. The summed E-state index contributed by atoms with van der Waals surface area (Å²) in [5.41, 5.74) is -0.253. The van der Waals surface area contributed by atoms with Crippen LogP contribution < -0.4 is 0 Å². The molecule has 0 bridgehead atoms. The van der Waals surface area contributed by atoms with Crippen molar-refractivity contribution in [1.82, 2.24) is 14.7 Å². The number of fused-ring (bicyclic) bond motifs is 1. The molecule has 1 saturated heterocycles. The number of carboxylic acid groups (broad SMARTS) is 2. The molecule has 1 aliphatic heterocycles. The molecule has 7 nitrogen and oxygen atoms in total. The minimum absolute atomic E-state index is 0.187. The summed E-state index contributed by atoms with van der Waals surface area (Å²) in [5.74, 6) is -1.07. The van der Waals surface area contributed by atoms with Crippen LogP contribution in [-0.2, 0) is 11.3 Å². The summed E-state index contributed by atoms with van der Waals surface area (Å²) >= 11 is 2.15. The molecule has 2 fully saturated rings. The molecule has 3 atom stereocenters. The molecule has 3 rings (SSSR count). The predicted molar refractivity (Wildman–Crippen MR) is 71.7 cm³/mol. The number of hydrogen-bond donors (Lipinski definition) is 2. The predicted octanol–water partition coefficient (Wildman–Crippen LogP) is 1.08. The van der Waals surface area contributed by atoms with E-state index in [2.05, 4.69) is 27.7 Å². The second kappa shape index (κ2) is 4.09. The Bertz CT molecular complexity index is 560. The fourth-order valence-corrected chi connectivity index (χ4v) is 3.54. The first-order chi connectivity index (χ1) is 8.93. The third-order valence-corrected chi connectivity index (χ3v) is 4.56. The van der Waals surface area contributed by atoms with Gasteiger partial charge in [0.2, 0.25) is 0 Å². The first kappa shape index (κ1) is 12.7. The molecule has 1 amide bonds. The average molecular weight is 377 g/mol. The zero-order valence-electron chi connectivity index (χ0n) is 9.86. The number of aliphatic carboxylic acids is 1. The van der Waals surface area contributed by atoms with Gasteiger partial charge in [0, 0.05) is 24.2 Å². The van der Waals surface area contributed by atoms with Crippen molar-refractivity contribution in [3.63, 3.8) is 0 Å². The highest BCUT2D eigenvalue weighted by Gasteiger charge is 2.67. The summed E-state index contributed by atoms with van der Waals surface area (Å²) in [5, 5.41) is 22.5. The van der Waals surface area contributed by atoms with Crippen LogP contribution in [0.15, 0.2) is 12.4 Å². The van der Waals surface area contributed by atoms with Crippen LogP contribution in [0, 0.1) is 8.99 Å². The van der Waals surface area contributed by atoms with Gasteiger partial charge in [0.15, 0.2) is 0 Å². The second-order valence-corrected chi connectivity index (χ2v) is 6.43. The molecule has 2 N–H and O–H groups in total. The molecule has 1 aromatic heterocycles. The van der Waals surface area contributed by atoms with Crippen LogP contribution in [0.4, 0.5) is 4.79 Å². The normalized spacial score (nSPS) is 32.2. The van der Waals surface area contributed by atoms with E-state index >= 15 is 0 Å². The minimum Gasteiger partial charge on any atom is -0.480 e. The van der Waals surface area contributed by atoms with Gasteiger partial charge in [-0.3, -0.25) is 9.58 Å². The number of halogens is 1. The lowest BCUT2D eigenvalue weighted by Crippen LogP contribution is -2.42. The van der Waals surface area contributed by atoms with Crippen molar-refractivity contribution < 1.29 is 19.8 Å². The first-order valence-corrected chi connectivity index (χ1v) is 6.93. The van der Waals surface area contributed by atoms with E-state index in [1.54, 1.807) is 10.9 Å². The number of likely N-dealkylation sites (tertiary alicyclic amines) is 1. The number of rotatable bonds is 3. The van der Waals surface area contributed by atoms with Gasteiger partial charge in [-0.25, -0.2) is 9.59 Å². The van der Waals surface area contributed by atoms with Crippen molar-refractivity contribution >= 4 is 34.7 Å². The lowest BCUT2D eigenvalue weighted by Gasteiger charge is -2.20. The van der Waals surface area contributed by atoms with Crippen LogP contribution in [0.3, 0.4) is 0 Å². The Morgan fingerprint density at radius 3 is 2.68 bits per heavy atom. The largest absolute Gasteiger partial charge is 0.480 e. The summed E-state index contributed by atoms with van der Waals surface area (Å²) < 4.78 is 2.78. The molecule has 1 aromatic rings. The van der Waals surface area contributed by atoms with Gasteiger partial charge in [-0.05, 0) is 35.4 Å². The van der Waals surface area contributed by atoms with E-state index in [9.17, 15) is 9.59 Å². The van der Waals surface area contributed by atoms with Crippen LogP contribution in [-0.4, -0.2) is 49.0 Å². The maximum Gasteiger partial charge on any atom is 0.408 e. The van der Waals surface area contributed by atoms with Crippen molar-refractivity contribution in [2.75, 3.05) is 0 Å². The molecule has 1 saturated carbocycles. The van der Waals surface area contributed by atoms with Gasteiger partial charge in [0.1, 0.15) is 6.04 Å².